The molecule has 2 aliphatic heterocycles. The van der Waals surface area contributed by atoms with Crippen LogP contribution < -0.4 is 10.6 Å². The number of rotatable bonds is 3. The average Bonchev–Trinajstić information content (AvgIpc) is 3.48. The number of fused-ring (bicyclic) bond motifs is 2. The maximum atomic E-state index is 13.9. The molecule has 1 amide bonds. The van der Waals surface area contributed by atoms with Gasteiger partial charge in [0, 0.05) is 21.4 Å². The number of thiophene rings is 2. The Bertz CT molecular complexity index is 1180. The van der Waals surface area contributed by atoms with E-state index in [1.807, 2.05) is 74.7 Å². The van der Waals surface area contributed by atoms with E-state index >= 15 is 0 Å². The monoisotopic (exact) mass is 530 g/mol. The number of amides is 1. The highest BCUT2D eigenvalue weighted by atomic mass is 79.9. The van der Waals surface area contributed by atoms with Crippen LogP contribution in [-0.4, -0.2) is 23.5 Å². The summed E-state index contributed by atoms with van der Waals surface area (Å²) in [5, 5.41) is 8.64. The quantitative estimate of drug-likeness (QED) is 0.432. The fraction of sp³-hybridized carbons (Fsp3) is 0.333. The van der Waals surface area contributed by atoms with Gasteiger partial charge in [-0.15, -0.1) is 22.7 Å². The summed E-state index contributed by atoms with van der Waals surface area (Å²) in [5.41, 5.74) is 0.0989. The minimum Gasteiger partial charge on any atom is -0.459 e. The molecule has 8 heteroatoms. The zero-order valence-corrected chi connectivity index (χ0v) is 21.1. The zero-order valence-electron chi connectivity index (χ0n) is 17.8. The van der Waals surface area contributed by atoms with Crippen molar-refractivity contribution in [3.05, 3.63) is 73.0 Å². The first kappa shape index (κ1) is 21.8. The van der Waals surface area contributed by atoms with Crippen molar-refractivity contribution in [2.75, 3.05) is 5.32 Å². The second-order valence-corrected chi connectivity index (χ2v) is 12.6. The summed E-state index contributed by atoms with van der Waals surface area (Å²) in [6.45, 7) is 5.59. The number of nitrogens with one attached hydrogen (secondary N) is 2. The molecule has 0 unspecified atom stereocenters. The van der Waals surface area contributed by atoms with Gasteiger partial charge in [0.15, 0.2) is 0 Å². The van der Waals surface area contributed by atoms with Gasteiger partial charge in [-0.3, -0.25) is 14.9 Å². The SMILES string of the molecule is CC(C)(C)OC(=O)[C@H]1N[C@H](c2ccc(Br)s2)[C@]2(C(=O)Nc3ccccc32)[C@@H]1c1cccs1. The van der Waals surface area contributed by atoms with E-state index < -0.39 is 23.0 Å². The second kappa shape index (κ2) is 7.80. The number of halogens is 1. The van der Waals surface area contributed by atoms with E-state index in [0.29, 0.717) is 0 Å². The van der Waals surface area contributed by atoms with Crippen LogP contribution in [0.25, 0.3) is 0 Å². The third-order valence-electron chi connectivity index (χ3n) is 6.01. The fourth-order valence-corrected chi connectivity index (χ4v) is 7.46. The van der Waals surface area contributed by atoms with Crippen molar-refractivity contribution < 1.29 is 14.3 Å². The lowest BCUT2D eigenvalue weighted by Crippen LogP contribution is -2.44. The molecule has 5 nitrogen and oxygen atoms in total. The van der Waals surface area contributed by atoms with Crippen LogP contribution in [0.1, 0.15) is 48.0 Å². The van der Waals surface area contributed by atoms with Gasteiger partial charge < -0.3 is 10.1 Å². The van der Waals surface area contributed by atoms with E-state index in [0.717, 1.165) is 24.8 Å². The molecular weight excluding hydrogens is 508 g/mol. The van der Waals surface area contributed by atoms with Crippen molar-refractivity contribution in [1.82, 2.24) is 5.32 Å². The van der Waals surface area contributed by atoms with Gasteiger partial charge in [0.05, 0.1) is 9.83 Å². The summed E-state index contributed by atoms with van der Waals surface area (Å²) in [5.74, 6) is -0.845. The molecule has 1 spiro atoms. The Kier molecular flexibility index (Phi) is 5.32. The Hall–Kier alpha value is -2.00. The van der Waals surface area contributed by atoms with Gasteiger partial charge in [0.2, 0.25) is 5.91 Å². The van der Waals surface area contributed by atoms with Crippen LogP contribution in [0.15, 0.2) is 57.7 Å². The van der Waals surface area contributed by atoms with Gasteiger partial charge in [-0.1, -0.05) is 24.3 Å². The predicted molar refractivity (Wildman–Crippen MR) is 131 cm³/mol. The third-order valence-corrected chi connectivity index (χ3v) is 8.65. The summed E-state index contributed by atoms with van der Waals surface area (Å²) < 4.78 is 6.81. The molecule has 2 N–H and O–H groups in total. The van der Waals surface area contributed by atoms with Gasteiger partial charge in [-0.25, -0.2) is 0 Å². The molecule has 5 rings (SSSR count). The van der Waals surface area contributed by atoms with Crippen LogP contribution in [0.5, 0.6) is 0 Å². The van der Waals surface area contributed by atoms with Gasteiger partial charge in [-0.2, -0.15) is 0 Å². The Balaban J connectivity index is 1.75. The summed E-state index contributed by atoms with van der Waals surface area (Å²) in [7, 11) is 0. The third kappa shape index (κ3) is 3.36. The number of hydrogen-bond acceptors (Lipinski definition) is 6. The summed E-state index contributed by atoms with van der Waals surface area (Å²) in [4.78, 5) is 29.4. The first-order valence-electron chi connectivity index (χ1n) is 10.4. The molecule has 3 aromatic rings. The smallest absolute Gasteiger partial charge is 0.324 e. The largest absolute Gasteiger partial charge is 0.459 e. The van der Waals surface area contributed by atoms with Crippen molar-refractivity contribution in [1.29, 1.82) is 0 Å². The van der Waals surface area contributed by atoms with Crippen molar-refractivity contribution in [2.45, 2.75) is 49.8 Å². The fourth-order valence-electron chi connectivity index (χ4n) is 4.96. The van der Waals surface area contributed by atoms with E-state index in [1.165, 1.54) is 0 Å². The lowest BCUT2D eigenvalue weighted by molar-refractivity contribution is -0.157. The number of carbonyl (C=O) groups excluding carboxylic acids is 2. The van der Waals surface area contributed by atoms with Gasteiger partial charge in [-0.05, 0) is 71.9 Å². The molecule has 0 radical (unpaired) electrons. The molecule has 0 bridgehead atoms. The molecule has 2 aliphatic rings. The first-order chi connectivity index (χ1) is 15.2. The van der Waals surface area contributed by atoms with Crippen LogP contribution in [-0.2, 0) is 19.7 Å². The average molecular weight is 531 g/mol. The predicted octanol–water partition coefficient (Wildman–Crippen LogP) is 5.60. The minimum atomic E-state index is -0.979. The van der Waals surface area contributed by atoms with Gasteiger partial charge in [0.1, 0.15) is 17.1 Å². The van der Waals surface area contributed by atoms with Crippen LogP contribution in [0.4, 0.5) is 5.69 Å². The highest BCUT2D eigenvalue weighted by Gasteiger charge is 2.66. The standard InChI is InChI=1S/C24H23BrN2O3S2/c1-23(2,3)30-21(28)19-18(15-9-6-12-31-15)24(20(27-19)16-10-11-17(25)32-16)13-7-4-5-8-14(13)26-22(24)29/h4-12,18-20,27H,1-3H3,(H,26,29)/t18-,19+,20-,24-/m1/s1. The number of carbonyl (C=O) groups is 2. The lowest BCUT2D eigenvalue weighted by Gasteiger charge is -2.34. The van der Waals surface area contributed by atoms with Crippen LogP contribution in [0, 0.1) is 0 Å². The number of para-hydroxylation sites is 1. The molecule has 1 fully saturated rings. The Morgan fingerprint density at radius 2 is 1.88 bits per heavy atom. The van der Waals surface area contributed by atoms with Crippen LogP contribution in [0.3, 0.4) is 0 Å². The Morgan fingerprint density at radius 3 is 2.53 bits per heavy atom. The molecule has 1 aromatic carbocycles. The maximum absolute atomic E-state index is 13.9. The van der Waals surface area contributed by atoms with E-state index in [1.54, 1.807) is 22.7 Å². The zero-order chi connectivity index (χ0) is 22.7. The number of esters is 1. The van der Waals surface area contributed by atoms with Crippen LogP contribution in [0.2, 0.25) is 0 Å². The normalized spacial score (nSPS) is 26.9. The molecular formula is C24H23BrN2O3S2. The molecule has 0 aliphatic carbocycles. The van der Waals surface area contributed by atoms with Crippen molar-refractivity contribution in [3.63, 3.8) is 0 Å². The summed E-state index contributed by atoms with van der Waals surface area (Å²) >= 11 is 6.70. The molecule has 2 aromatic heterocycles. The highest BCUT2D eigenvalue weighted by Crippen LogP contribution is 2.60. The number of ether oxygens (including phenoxy) is 1. The van der Waals surface area contributed by atoms with E-state index in [2.05, 4.69) is 26.6 Å². The minimum absolute atomic E-state index is 0.0924. The van der Waals surface area contributed by atoms with Gasteiger partial charge in [0.25, 0.3) is 0 Å². The topological polar surface area (TPSA) is 67.4 Å². The van der Waals surface area contributed by atoms with Gasteiger partial charge >= 0.3 is 5.97 Å². The maximum Gasteiger partial charge on any atom is 0.324 e. The Labute approximate surface area is 203 Å². The van der Waals surface area contributed by atoms with Crippen molar-refractivity contribution in [3.8, 4) is 0 Å². The van der Waals surface area contributed by atoms with E-state index in [9.17, 15) is 9.59 Å². The molecule has 32 heavy (non-hydrogen) atoms. The molecule has 166 valence electrons. The van der Waals surface area contributed by atoms with Crippen LogP contribution >= 0.6 is 38.6 Å². The Morgan fingerprint density at radius 1 is 1.09 bits per heavy atom. The number of benzene rings is 1. The molecule has 1 saturated heterocycles. The molecule has 4 heterocycles. The summed E-state index contributed by atoms with van der Waals surface area (Å²) in [6.07, 6.45) is 0. The lowest BCUT2D eigenvalue weighted by atomic mass is 9.66. The second-order valence-electron chi connectivity index (χ2n) is 9.11. The number of hydrogen-bond donors (Lipinski definition) is 2. The highest BCUT2D eigenvalue weighted by molar-refractivity contribution is 9.11. The number of anilines is 1. The van der Waals surface area contributed by atoms with Crippen molar-refractivity contribution in [2.24, 2.45) is 0 Å². The first-order valence-corrected chi connectivity index (χ1v) is 12.9. The van der Waals surface area contributed by atoms with Crippen molar-refractivity contribution >= 4 is 56.2 Å². The molecule has 0 saturated carbocycles. The molecule has 4 atom stereocenters. The van der Waals surface area contributed by atoms with E-state index in [-0.39, 0.29) is 17.9 Å². The summed E-state index contributed by atoms with van der Waals surface area (Å²) in [6, 6.07) is 14.7. The van der Waals surface area contributed by atoms with E-state index in [4.69, 9.17) is 4.74 Å².